The third-order valence-corrected chi connectivity index (χ3v) is 7.88. The molecule has 1 heterocycles. The van der Waals surface area contributed by atoms with E-state index in [9.17, 15) is 16.8 Å². The number of nitrogens with zero attached hydrogens (tertiary/aromatic N) is 1. The Labute approximate surface area is 155 Å². The molecule has 8 heteroatoms. The van der Waals surface area contributed by atoms with E-state index >= 15 is 0 Å². The Bertz CT molecular complexity index is 982. The Morgan fingerprint density at radius 2 is 1.35 bits per heavy atom. The lowest BCUT2D eigenvalue weighted by atomic mass is 10.2. The van der Waals surface area contributed by atoms with Crippen molar-refractivity contribution < 1.29 is 16.8 Å². The molecule has 26 heavy (non-hydrogen) atoms. The van der Waals surface area contributed by atoms with Crippen LogP contribution < -0.4 is 4.72 Å². The number of hydrogen-bond acceptors (Lipinski definition) is 4. The van der Waals surface area contributed by atoms with Crippen molar-refractivity contribution in [2.75, 3.05) is 13.1 Å². The zero-order valence-electron chi connectivity index (χ0n) is 14.7. The molecule has 1 saturated heterocycles. The van der Waals surface area contributed by atoms with Gasteiger partial charge in [-0.2, -0.15) is 4.31 Å². The molecule has 0 saturated carbocycles. The van der Waals surface area contributed by atoms with Crippen molar-refractivity contribution in [3.8, 4) is 0 Å². The lowest BCUT2D eigenvalue weighted by Gasteiger charge is -2.17. The summed E-state index contributed by atoms with van der Waals surface area (Å²) in [6.45, 7) is 4.19. The van der Waals surface area contributed by atoms with Crippen LogP contribution in [0, 0.1) is 13.8 Å². The van der Waals surface area contributed by atoms with Gasteiger partial charge in [0, 0.05) is 19.1 Å². The Balaban J connectivity index is 1.72. The lowest BCUT2D eigenvalue weighted by molar-refractivity contribution is 0.467. The maximum atomic E-state index is 12.7. The Morgan fingerprint density at radius 3 is 1.88 bits per heavy atom. The van der Waals surface area contributed by atoms with Crippen LogP contribution in [0.1, 0.15) is 17.5 Å². The van der Waals surface area contributed by atoms with E-state index in [1.54, 1.807) is 48.5 Å². The predicted octanol–water partition coefficient (Wildman–Crippen LogP) is 2.04. The Kier molecular flexibility index (Phi) is 5.21. The van der Waals surface area contributed by atoms with Crippen LogP contribution in [-0.2, 0) is 20.0 Å². The standard InChI is InChI=1S/C18H22N2O4S2/c1-14-3-7-17(8-4-14)25(21,22)19-16-11-12-20(13-16)26(23,24)18-9-5-15(2)6-10-18/h3-10,16,19H,11-13H2,1-2H3. The van der Waals surface area contributed by atoms with Gasteiger partial charge < -0.3 is 0 Å². The lowest BCUT2D eigenvalue weighted by Crippen LogP contribution is -2.38. The zero-order valence-corrected chi connectivity index (χ0v) is 16.3. The van der Waals surface area contributed by atoms with E-state index < -0.39 is 26.1 Å². The summed E-state index contributed by atoms with van der Waals surface area (Å²) in [4.78, 5) is 0.410. The van der Waals surface area contributed by atoms with Crippen molar-refractivity contribution >= 4 is 20.0 Å². The molecule has 2 aromatic carbocycles. The highest BCUT2D eigenvalue weighted by Gasteiger charge is 2.34. The van der Waals surface area contributed by atoms with Gasteiger partial charge in [0.15, 0.2) is 0 Å². The van der Waals surface area contributed by atoms with E-state index in [2.05, 4.69) is 4.72 Å². The van der Waals surface area contributed by atoms with E-state index in [0.717, 1.165) is 11.1 Å². The van der Waals surface area contributed by atoms with Gasteiger partial charge in [0.25, 0.3) is 0 Å². The largest absolute Gasteiger partial charge is 0.243 e. The molecule has 1 unspecified atom stereocenters. The number of sulfonamides is 2. The van der Waals surface area contributed by atoms with Crippen molar-refractivity contribution in [1.82, 2.24) is 9.03 Å². The highest BCUT2D eigenvalue weighted by molar-refractivity contribution is 7.89. The minimum atomic E-state index is -3.67. The van der Waals surface area contributed by atoms with Gasteiger partial charge in [-0.1, -0.05) is 35.4 Å². The van der Waals surface area contributed by atoms with Crippen LogP contribution in [0.2, 0.25) is 0 Å². The highest BCUT2D eigenvalue weighted by atomic mass is 32.2. The van der Waals surface area contributed by atoms with Crippen LogP contribution in [0.25, 0.3) is 0 Å². The van der Waals surface area contributed by atoms with Crippen molar-refractivity contribution in [1.29, 1.82) is 0 Å². The Hall–Kier alpha value is -1.74. The maximum Gasteiger partial charge on any atom is 0.243 e. The van der Waals surface area contributed by atoms with E-state index in [1.165, 1.54) is 4.31 Å². The van der Waals surface area contributed by atoms with Crippen molar-refractivity contribution in [3.63, 3.8) is 0 Å². The monoisotopic (exact) mass is 394 g/mol. The van der Waals surface area contributed by atoms with Crippen LogP contribution in [0.3, 0.4) is 0 Å². The van der Waals surface area contributed by atoms with Crippen molar-refractivity contribution in [3.05, 3.63) is 59.7 Å². The van der Waals surface area contributed by atoms with Crippen molar-refractivity contribution in [2.45, 2.75) is 36.1 Å². The molecule has 0 bridgehead atoms. The SMILES string of the molecule is Cc1ccc(S(=O)(=O)NC2CCN(S(=O)(=O)c3ccc(C)cc3)C2)cc1. The normalized spacial score (nSPS) is 18.9. The fraction of sp³-hybridized carbons (Fsp3) is 0.333. The summed E-state index contributed by atoms with van der Waals surface area (Å²) in [5.74, 6) is 0. The van der Waals surface area contributed by atoms with Gasteiger partial charge >= 0.3 is 0 Å². The van der Waals surface area contributed by atoms with Crippen LogP contribution in [0.15, 0.2) is 58.3 Å². The Morgan fingerprint density at radius 1 is 0.846 bits per heavy atom. The molecule has 0 amide bonds. The van der Waals surface area contributed by atoms with Crippen molar-refractivity contribution in [2.24, 2.45) is 0 Å². The average molecular weight is 395 g/mol. The highest BCUT2D eigenvalue weighted by Crippen LogP contribution is 2.22. The first-order chi connectivity index (χ1) is 12.2. The summed E-state index contributed by atoms with van der Waals surface area (Å²) in [5.41, 5.74) is 1.95. The van der Waals surface area contributed by atoms with E-state index in [-0.39, 0.29) is 22.9 Å². The first-order valence-electron chi connectivity index (χ1n) is 8.34. The second-order valence-corrected chi connectivity index (χ2v) is 10.2. The summed E-state index contributed by atoms with van der Waals surface area (Å²) < 4.78 is 54.3. The third kappa shape index (κ3) is 3.98. The number of hydrogen-bond donors (Lipinski definition) is 1. The molecular formula is C18H22N2O4S2. The summed E-state index contributed by atoms with van der Waals surface area (Å²) in [7, 11) is -7.29. The van der Waals surface area contributed by atoms with Crippen LogP contribution in [0.4, 0.5) is 0 Å². The van der Waals surface area contributed by atoms with Crippen LogP contribution in [-0.4, -0.2) is 40.3 Å². The summed E-state index contributed by atoms with van der Waals surface area (Å²) in [6, 6.07) is 12.8. The second kappa shape index (κ2) is 7.11. The van der Waals surface area contributed by atoms with E-state index in [1.807, 2.05) is 13.8 Å². The molecule has 0 radical (unpaired) electrons. The molecule has 0 aromatic heterocycles. The quantitative estimate of drug-likeness (QED) is 0.841. The smallest absolute Gasteiger partial charge is 0.207 e. The van der Waals surface area contributed by atoms with E-state index in [0.29, 0.717) is 6.42 Å². The molecule has 0 spiro atoms. The summed E-state index contributed by atoms with van der Waals surface area (Å²) in [5, 5.41) is 0. The topological polar surface area (TPSA) is 83.6 Å². The molecule has 1 aliphatic rings. The molecule has 3 rings (SSSR count). The number of rotatable bonds is 5. The van der Waals surface area contributed by atoms with Gasteiger partial charge in [-0.15, -0.1) is 0 Å². The first kappa shape index (κ1) is 19.0. The molecule has 1 N–H and O–H groups in total. The van der Waals surface area contributed by atoms with Gasteiger partial charge in [-0.3, -0.25) is 0 Å². The maximum absolute atomic E-state index is 12.7. The fourth-order valence-corrected chi connectivity index (χ4v) is 5.67. The van der Waals surface area contributed by atoms with Crippen LogP contribution in [0.5, 0.6) is 0 Å². The van der Waals surface area contributed by atoms with Gasteiger partial charge in [-0.25, -0.2) is 21.6 Å². The van der Waals surface area contributed by atoms with Gasteiger partial charge in [0.1, 0.15) is 0 Å². The van der Waals surface area contributed by atoms with E-state index in [4.69, 9.17) is 0 Å². The molecule has 0 aliphatic carbocycles. The van der Waals surface area contributed by atoms with Gasteiger partial charge in [0.05, 0.1) is 9.79 Å². The van der Waals surface area contributed by atoms with Gasteiger partial charge in [0.2, 0.25) is 20.0 Å². The molecule has 1 fully saturated rings. The predicted molar refractivity (Wildman–Crippen MR) is 99.8 cm³/mol. The molecule has 1 atom stereocenters. The minimum absolute atomic E-state index is 0.126. The van der Waals surface area contributed by atoms with Crippen LogP contribution >= 0.6 is 0 Å². The summed E-state index contributed by atoms with van der Waals surface area (Å²) in [6.07, 6.45) is 0.441. The first-order valence-corrected chi connectivity index (χ1v) is 11.3. The number of aryl methyl sites for hydroxylation is 2. The molecule has 1 aliphatic heterocycles. The molecule has 6 nitrogen and oxygen atoms in total. The zero-order chi connectivity index (χ0) is 18.9. The average Bonchev–Trinajstić information content (AvgIpc) is 3.04. The molecular weight excluding hydrogens is 372 g/mol. The second-order valence-electron chi connectivity index (χ2n) is 6.60. The number of nitrogens with one attached hydrogen (secondary N) is 1. The number of benzene rings is 2. The third-order valence-electron chi connectivity index (χ3n) is 4.46. The van der Waals surface area contributed by atoms with Gasteiger partial charge in [-0.05, 0) is 44.5 Å². The fourth-order valence-electron chi connectivity index (χ4n) is 2.91. The summed E-state index contributed by atoms with van der Waals surface area (Å²) >= 11 is 0. The molecule has 140 valence electrons. The molecule has 2 aromatic rings. The minimum Gasteiger partial charge on any atom is -0.207 e.